The summed E-state index contributed by atoms with van der Waals surface area (Å²) in [6.45, 7) is 1.64. The molecule has 1 aromatic rings. The van der Waals surface area contributed by atoms with Gasteiger partial charge in [-0.3, -0.25) is 4.79 Å². The Balaban J connectivity index is 1.86. The topological polar surface area (TPSA) is 20.3 Å². The average molecular weight is 244 g/mol. The zero-order chi connectivity index (χ0) is 10.7. The molecule has 2 heterocycles. The highest BCUT2D eigenvalue weighted by molar-refractivity contribution is 7.10. The monoisotopic (exact) mass is 243 g/mol. The second-order valence-electron chi connectivity index (χ2n) is 3.81. The third kappa shape index (κ3) is 2.95. The van der Waals surface area contributed by atoms with Crippen molar-refractivity contribution < 1.29 is 4.79 Å². The van der Waals surface area contributed by atoms with Crippen LogP contribution in [0.2, 0.25) is 0 Å². The Morgan fingerprint density at radius 2 is 2.27 bits per heavy atom. The second kappa shape index (κ2) is 4.99. The molecule has 0 radical (unpaired) electrons. The molecule has 0 aliphatic carbocycles. The molecule has 2 nitrogen and oxygen atoms in total. The molecule has 4 heteroatoms. The van der Waals surface area contributed by atoms with Crippen LogP contribution in [0, 0.1) is 0 Å². The molecule has 1 aliphatic heterocycles. The molecule has 1 saturated heterocycles. The SMILES string of the molecule is O=C(Cc1cccs1)N1CCC(Cl)CC1. The maximum Gasteiger partial charge on any atom is 0.227 e. The zero-order valence-electron chi connectivity index (χ0n) is 8.49. The number of rotatable bonds is 2. The van der Waals surface area contributed by atoms with Crippen LogP contribution in [0.3, 0.4) is 0 Å². The molecule has 0 N–H and O–H groups in total. The third-order valence-corrected chi connectivity index (χ3v) is 4.00. The zero-order valence-corrected chi connectivity index (χ0v) is 10.1. The smallest absolute Gasteiger partial charge is 0.227 e. The van der Waals surface area contributed by atoms with E-state index in [9.17, 15) is 4.79 Å². The largest absolute Gasteiger partial charge is 0.342 e. The lowest BCUT2D eigenvalue weighted by molar-refractivity contribution is -0.131. The van der Waals surface area contributed by atoms with Crippen LogP contribution in [0.15, 0.2) is 17.5 Å². The molecule has 0 atom stereocenters. The normalized spacial score (nSPS) is 18.1. The minimum absolute atomic E-state index is 0.237. The summed E-state index contributed by atoms with van der Waals surface area (Å²) in [4.78, 5) is 14.9. The summed E-state index contributed by atoms with van der Waals surface area (Å²) in [5.41, 5.74) is 0. The molecule has 0 aromatic carbocycles. The van der Waals surface area contributed by atoms with Gasteiger partial charge >= 0.3 is 0 Å². The van der Waals surface area contributed by atoms with Crippen molar-refractivity contribution in [2.45, 2.75) is 24.6 Å². The number of nitrogens with zero attached hydrogens (tertiary/aromatic N) is 1. The van der Waals surface area contributed by atoms with Crippen LogP contribution in [-0.2, 0) is 11.2 Å². The van der Waals surface area contributed by atoms with E-state index in [4.69, 9.17) is 11.6 Å². The number of thiophene rings is 1. The molecule has 1 aromatic heterocycles. The Morgan fingerprint density at radius 3 is 2.87 bits per heavy atom. The summed E-state index contributed by atoms with van der Waals surface area (Å²) in [5.74, 6) is 0.237. The van der Waals surface area contributed by atoms with E-state index < -0.39 is 0 Å². The first-order valence-electron chi connectivity index (χ1n) is 5.20. The van der Waals surface area contributed by atoms with E-state index in [1.807, 2.05) is 22.4 Å². The Kier molecular flexibility index (Phi) is 3.65. The van der Waals surface area contributed by atoms with E-state index in [-0.39, 0.29) is 11.3 Å². The summed E-state index contributed by atoms with van der Waals surface area (Å²) in [5, 5.41) is 2.27. The highest BCUT2D eigenvalue weighted by Crippen LogP contribution is 2.17. The Morgan fingerprint density at radius 1 is 1.53 bits per heavy atom. The summed E-state index contributed by atoms with van der Waals surface area (Å²) < 4.78 is 0. The van der Waals surface area contributed by atoms with E-state index in [0.717, 1.165) is 30.8 Å². The van der Waals surface area contributed by atoms with Gasteiger partial charge in [0.2, 0.25) is 5.91 Å². The molecule has 0 spiro atoms. The van der Waals surface area contributed by atoms with Crippen LogP contribution >= 0.6 is 22.9 Å². The standard InChI is InChI=1S/C11H14ClNOS/c12-9-3-5-13(6-4-9)11(14)8-10-2-1-7-15-10/h1-2,7,9H,3-6,8H2. The summed E-state index contributed by atoms with van der Waals surface area (Å²) in [6.07, 6.45) is 2.40. The van der Waals surface area contributed by atoms with Crippen molar-refractivity contribution in [2.24, 2.45) is 0 Å². The van der Waals surface area contributed by atoms with Crippen molar-refractivity contribution >= 4 is 28.8 Å². The van der Waals surface area contributed by atoms with E-state index >= 15 is 0 Å². The maximum atomic E-state index is 11.9. The molecule has 15 heavy (non-hydrogen) atoms. The lowest BCUT2D eigenvalue weighted by Gasteiger charge is -2.29. The summed E-state index contributed by atoms with van der Waals surface area (Å²) >= 11 is 7.64. The summed E-state index contributed by atoms with van der Waals surface area (Å²) in [7, 11) is 0. The van der Waals surface area contributed by atoms with Crippen molar-refractivity contribution in [3.63, 3.8) is 0 Å². The molecule has 82 valence electrons. The Labute approximate surface area is 98.8 Å². The van der Waals surface area contributed by atoms with Gasteiger partial charge in [-0.1, -0.05) is 6.07 Å². The molecule has 0 bridgehead atoms. The highest BCUT2D eigenvalue weighted by Gasteiger charge is 2.21. The van der Waals surface area contributed by atoms with E-state index in [2.05, 4.69) is 0 Å². The highest BCUT2D eigenvalue weighted by atomic mass is 35.5. The number of carbonyl (C=O) groups is 1. The van der Waals surface area contributed by atoms with Crippen LogP contribution in [0.5, 0.6) is 0 Å². The molecule has 0 unspecified atom stereocenters. The van der Waals surface area contributed by atoms with E-state index in [1.54, 1.807) is 11.3 Å². The van der Waals surface area contributed by atoms with Crippen LogP contribution in [0.4, 0.5) is 0 Å². The van der Waals surface area contributed by atoms with E-state index in [0.29, 0.717) is 6.42 Å². The van der Waals surface area contributed by atoms with Crippen molar-refractivity contribution in [3.8, 4) is 0 Å². The van der Waals surface area contributed by atoms with Crippen molar-refractivity contribution in [1.82, 2.24) is 4.90 Å². The van der Waals surface area contributed by atoms with E-state index in [1.165, 1.54) is 0 Å². The molecular formula is C11H14ClNOS. The molecule has 0 saturated carbocycles. The van der Waals surface area contributed by atoms with Gasteiger partial charge in [0.05, 0.1) is 6.42 Å². The predicted molar refractivity (Wildman–Crippen MR) is 63.5 cm³/mol. The third-order valence-electron chi connectivity index (χ3n) is 2.68. The van der Waals surface area contributed by atoms with Gasteiger partial charge in [0.1, 0.15) is 0 Å². The van der Waals surface area contributed by atoms with Gasteiger partial charge in [-0.05, 0) is 24.3 Å². The minimum Gasteiger partial charge on any atom is -0.342 e. The maximum absolute atomic E-state index is 11.9. The number of hydrogen-bond donors (Lipinski definition) is 0. The van der Waals surface area contributed by atoms with Gasteiger partial charge in [0.15, 0.2) is 0 Å². The fraction of sp³-hybridized carbons (Fsp3) is 0.545. The lowest BCUT2D eigenvalue weighted by atomic mass is 10.1. The van der Waals surface area contributed by atoms with Gasteiger partial charge < -0.3 is 4.90 Å². The number of amides is 1. The number of likely N-dealkylation sites (tertiary alicyclic amines) is 1. The number of hydrogen-bond acceptors (Lipinski definition) is 2. The molecule has 1 fully saturated rings. The number of halogens is 1. The minimum atomic E-state index is 0.237. The van der Waals surface area contributed by atoms with Gasteiger partial charge in [-0.25, -0.2) is 0 Å². The molecular weight excluding hydrogens is 230 g/mol. The van der Waals surface area contributed by atoms with Crippen LogP contribution < -0.4 is 0 Å². The fourth-order valence-corrected chi connectivity index (χ4v) is 2.66. The van der Waals surface area contributed by atoms with Crippen molar-refractivity contribution in [3.05, 3.63) is 22.4 Å². The molecule has 2 rings (SSSR count). The van der Waals surface area contributed by atoms with Crippen LogP contribution in [-0.4, -0.2) is 29.3 Å². The van der Waals surface area contributed by atoms with Crippen LogP contribution in [0.1, 0.15) is 17.7 Å². The average Bonchev–Trinajstić information content (AvgIpc) is 2.71. The Bertz CT molecular complexity index is 317. The second-order valence-corrected chi connectivity index (χ2v) is 5.46. The Hall–Kier alpha value is -0.540. The quantitative estimate of drug-likeness (QED) is 0.731. The number of carbonyl (C=O) groups excluding carboxylic acids is 1. The summed E-state index contributed by atoms with van der Waals surface area (Å²) in [6, 6.07) is 4.00. The van der Waals surface area contributed by atoms with Gasteiger partial charge in [0, 0.05) is 23.3 Å². The first-order valence-corrected chi connectivity index (χ1v) is 6.51. The fourth-order valence-electron chi connectivity index (χ4n) is 1.77. The van der Waals surface area contributed by atoms with Gasteiger partial charge in [0.25, 0.3) is 0 Å². The number of piperidine rings is 1. The molecule has 1 amide bonds. The predicted octanol–water partition coefficient (Wildman–Crippen LogP) is 2.52. The van der Waals surface area contributed by atoms with Gasteiger partial charge in [-0.2, -0.15) is 0 Å². The first-order chi connectivity index (χ1) is 7.25. The number of alkyl halides is 1. The van der Waals surface area contributed by atoms with Crippen molar-refractivity contribution in [1.29, 1.82) is 0 Å². The van der Waals surface area contributed by atoms with Gasteiger partial charge in [-0.15, -0.1) is 22.9 Å². The van der Waals surface area contributed by atoms with Crippen LogP contribution in [0.25, 0.3) is 0 Å². The van der Waals surface area contributed by atoms with Crippen molar-refractivity contribution in [2.75, 3.05) is 13.1 Å². The molecule has 1 aliphatic rings. The first kappa shape index (κ1) is 11.0. The lowest BCUT2D eigenvalue weighted by Crippen LogP contribution is -2.39.